The molecule has 0 aromatic heterocycles. The molecule has 1 aliphatic heterocycles. The second-order valence-corrected chi connectivity index (χ2v) is 6.37. The van der Waals surface area contributed by atoms with Crippen LogP contribution in [0.3, 0.4) is 0 Å². The Morgan fingerprint density at radius 2 is 1.89 bits per heavy atom. The molecular formula is C15H25N3. The molecule has 0 aromatic carbocycles. The summed E-state index contributed by atoms with van der Waals surface area (Å²) in [4.78, 5) is 2.61. The Morgan fingerprint density at radius 1 is 1.11 bits per heavy atom. The third kappa shape index (κ3) is 2.87. The number of nitrogens with zero attached hydrogens (tertiary/aromatic N) is 2. The number of hydrogen-bond donors (Lipinski definition) is 1. The van der Waals surface area contributed by atoms with E-state index < -0.39 is 0 Å². The summed E-state index contributed by atoms with van der Waals surface area (Å²) in [6.07, 6.45) is 10.9. The van der Waals surface area contributed by atoms with Gasteiger partial charge < -0.3 is 0 Å². The van der Waals surface area contributed by atoms with Crippen LogP contribution in [0, 0.1) is 17.2 Å². The molecule has 0 spiro atoms. The zero-order valence-corrected chi connectivity index (χ0v) is 11.3. The molecule has 2 atom stereocenters. The van der Waals surface area contributed by atoms with Crippen molar-refractivity contribution < 1.29 is 0 Å². The lowest BCUT2D eigenvalue weighted by atomic mass is 9.96. The molecule has 0 aromatic rings. The summed E-state index contributed by atoms with van der Waals surface area (Å²) in [5.41, 5.74) is 0. The lowest BCUT2D eigenvalue weighted by Gasteiger charge is -2.30. The smallest absolute Gasteiger partial charge is 0.108 e. The molecule has 100 valence electrons. The van der Waals surface area contributed by atoms with Gasteiger partial charge in [-0.05, 0) is 51.0 Å². The maximum atomic E-state index is 9.28. The van der Waals surface area contributed by atoms with Gasteiger partial charge in [-0.15, -0.1) is 0 Å². The number of nitrogens with one attached hydrogen (secondary N) is 1. The molecule has 1 heterocycles. The standard InChI is InChI=1S/C15H25N3/c16-10-14(17-13-7-8-13)11-18-9-3-6-15(18)12-4-1-2-5-12/h12-15,17H,1-9,11H2. The van der Waals surface area contributed by atoms with E-state index in [2.05, 4.69) is 16.3 Å². The average Bonchev–Trinajstić information content (AvgIpc) is 2.88. The van der Waals surface area contributed by atoms with Crippen LogP contribution < -0.4 is 5.32 Å². The van der Waals surface area contributed by atoms with Crippen molar-refractivity contribution in [2.75, 3.05) is 13.1 Å². The molecule has 0 amide bonds. The fourth-order valence-corrected chi connectivity index (χ4v) is 3.85. The molecule has 2 aliphatic carbocycles. The van der Waals surface area contributed by atoms with Crippen molar-refractivity contribution in [3.63, 3.8) is 0 Å². The molecule has 3 heteroatoms. The van der Waals surface area contributed by atoms with Crippen molar-refractivity contribution in [2.24, 2.45) is 5.92 Å². The van der Waals surface area contributed by atoms with Gasteiger partial charge in [0.15, 0.2) is 0 Å². The van der Waals surface area contributed by atoms with Crippen molar-refractivity contribution in [3.8, 4) is 6.07 Å². The van der Waals surface area contributed by atoms with Crippen LogP contribution in [0.15, 0.2) is 0 Å². The summed E-state index contributed by atoms with van der Waals surface area (Å²) in [6.45, 7) is 2.17. The van der Waals surface area contributed by atoms with Gasteiger partial charge in [0.1, 0.15) is 6.04 Å². The van der Waals surface area contributed by atoms with Crippen LogP contribution in [-0.4, -0.2) is 36.1 Å². The van der Waals surface area contributed by atoms with Gasteiger partial charge in [-0.2, -0.15) is 5.26 Å². The molecule has 3 nitrogen and oxygen atoms in total. The molecule has 2 unspecified atom stereocenters. The minimum absolute atomic E-state index is 0.0551. The van der Waals surface area contributed by atoms with Gasteiger partial charge in [-0.3, -0.25) is 10.2 Å². The highest BCUT2D eigenvalue weighted by molar-refractivity contribution is 4.99. The summed E-state index contributed by atoms with van der Waals surface area (Å²) in [6, 6.07) is 3.94. The zero-order valence-electron chi connectivity index (χ0n) is 11.3. The summed E-state index contributed by atoms with van der Waals surface area (Å²) in [5, 5.41) is 12.8. The molecular weight excluding hydrogens is 222 g/mol. The van der Waals surface area contributed by atoms with E-state index in [-0.39, 0.29) is 6.04 Å². The van der Waals surface area contributed by atoms with Gasteiger partial charge in [-0.25, -0.2) is 0 Å². The van der Waals surface area contributed by atoms with E-state index in [1.165, 1.54) is 57.9 Å². The van der Waals surface area contributed by atoms with Crippen molar-refractivity contribution in [2.45, 2.75) is 69.5 Å². The number of hydrogen-bond acceptors (Lipinski definition) is 3. The van der Waals surface area contributed by atoms with Crippen LogP contribution >= 0.6 is 0 Å². The molecule has 2 saturated carbocycles. The predicted molar refractivity (Wildman–Crippen MR) is 72.1 cm³/mol. The van der Waals surface area contributed by atoms with Gasteiger partial charge in [0.05, 0.1) is 6.07 Å². The van der Waals surface area contributed by atoms with E-state index in [1.807, 2.05) is 0 Å². The fourth-order valence-electron chi connectivity index (χ4n) is 3.85. The van der Waals surface area contributed by atoms with Crippen LogP contribution in [0.4, 0.5) is 0 Å². The van der Waals surface area contributed by atoms with Crippen molar-refractivity contribution in [3.05, 3.63) is 0 Å². The van der Waals surface area contributed by atoms with Gasteiger partial charge in [0, 0.05) is 18.6 Å². The van der Waals surface area contributed by atoms with E-state index in [0.29, 0.717) is 6.04 Å². The minimum Gasteiger partial charge on any atom is -0.298 e. The van der Waals surface area contributed by atoms with Crippen LogP contribution in [0.2, 0.25) is 0 Å². The predicted octanol–water partition coefficient (Wildman–Crippen LogP) is 2.29. The van der Waals surface area contributed by atoms with E-state index >= 15 is 0 Å². The SMILES string of the molecule is N#CC(CN1CCCC1C1CCCC1)NC1CC1. The van der Waals surface area contributed by atoms with Gasteiger partial charge >= 0.3 is 0 Å². The Morgan fingerprint density at radius 3 is 2.56 bits per heavy atom. The Balaban J connectivity index is 1.54. The van der Waals surface area contributed by atoms with Crippen LogP contribution in [0.25, 0.3) is 0 Å². The lowest BCUT2D eigenvalue weighted by Crippen LogP contribution is -2.44. The summed E-state index contributed by atoms with van der Waals surface area (Å²) in [7, 11) is 0. The van der Waals surface area contributed by atoms with Gasteiger partial charge in [-0.1, -0.05) is 12.8 Å². The first-order chi connectivity index (χ1) is 8.86. The fraction of sp³-hybridized carbons (Fsp3) is 0.933. The van der Waals surface area contributed by atoms with Gasteiger partial charge in [0.25, 0.3) is 0 Å². The van der Waals surface area contributed by atoms with Crippen LogP contribution in [0.1, 0.15) is 51.4 Å². The van der Waals surface area contributed by atoms with E-state index in [1.54, 1.807) is 0 Å². The second kappa shape index (κ2) is 5.59. The van der Waals surface area contributed by atoms with E-state index in [0.717, 1.165) is 18.5 Å². The third-order valence-electron chi connectivity index (χ3n) is 4.95. The molecule has 1 N–H and O–H groups in total. The van der Waals surface area contributed by atoms with E-state index in [9.17, 15) is 5.26 Å². The zero-order chi connectivity index (χ0) is 12.4. The Bertz CT molecular complexity index is 312. The highest BCUT2D eigenvalue weighted by Crippen LogP contribution is 2.35. The monoisotopic (exact) mass is 247 g/mol. The Labute approximate surface area is 111 Å². The topological polar surface area (TPSA) is 39.1 Å². The molecule has 0 bridgehead atoms. The first kappa shape index (κ1) is 12.4. The van der Waals surface area contributed by atoms with E-state index in [4.69, 9.17) is 0 Å². The molecule has 1 saturated heterocycles. The number of likely N-dealkylation sites (tertiary alicyclic amines) is 1. The Hall–Kier alpha value is -0.590. The summed E-state index contributed by atoms with van der Waals surface area (Å²) in [5.74, 6) is 0.924. The first-order valence-electron chi connectivity index (χ1n) is 7.76. The maximum Gasteiger partial charge on any atom is 0.108 e. The minimum atomic E-state index is 0.0551. The first-order valence-corrected chi connectivity index (χ1v) is 7.76. The summed E-state index contributed by atoms with van der Waals surface area (Å²) < 4.78 is 0. The highest BCUT2D eigenvalue weighted by atomic mass is 15.2. The largest absolute Gasteiger partial charge is 0.298 e. The second-order valence-electron chi connectivity index (χ2n) is 6.37. The third-order valence-corrected chi connectivity index (χ3v) is 4.95. The number of rotatable bonds is 5. The summed E-state index contributed by atoms with van der Waals surface area (Å²) >= 11 is 0. The number of nitriles is 1. The maximum absolute atomic E-state index is 9.28. The van der Waals surface area contributed by atoms with Gasteiger partial charge in [0.2, 0.25) is 0 Å². The quantitative estimate of drug-likeness (QED) is 0.810. The van der Waals surface area contributed by atoms with Crippen molar-refractivity contribution >= 4 is 0 Å². The normalized spacial score (nSPS) is 31.6. The highest BCUT2D eigenvalue weighted by Gasteiger charge is 2.35. The molecule has 18 heavy (non-hydrogen) atoms. The lowest BCUT2D eigenvalue weighted by molar-refractivity contribution is 0.181. The molecule has 3 rings (SSSR count). The average molecular weight is 247 g/mol. The Kier molecular flexibility index (Phi) is 3.86. The molecule has 0 radical (unpaired) electrons. The van der Waals surface area contributed by atoms with Crippen molar-refractivity contribution in [1.82, 2.24) is 10.2 Å². The van der Waals surface area contributed by atoms with Crippen molar-refractivity contribution in [1.29, 1.82) is 5.26 Å². The van der Waals surface area contributed by atoms with Crippen LogP contribution in [-0.2, 0) is 0 Å². The van der Waals surface area contributed by atoms with Crippen LogP contribution in [0.5, 0.6) is 0 Å². The molecule has 3 aliphatic rings. The molecule has 3 fully saturated rings.